The Bertz CT molecular complexity index is 158. The normalized spacial score (nSPS) is 26.4. The molecule has 0 aromatic carbocycles. The van der Waals surface area contributed by atoms with E-state index < -0.39 is 14.7 Å². The molecule has 1 unspecified atom stereocenters. The maximum atomic E-state index is 9.82. The summed E-state index contributed by atoms with van der Waals surface area (Å²) < 4.78 is 28.8. The fraction of sp³-hybridized carbons (Fsp3) is 1.00. The van der Waals surface area contributed by atoms with Crippen molar-refractivity contribution in [3.8, 4) is 0 Å². The minimum absolute atomic E-state index is 0. The monoisotopic (exact) mass is 162 g/mol. The molecule has 1 atom stereocenters. The van der Waals surface area contributed by atoms with Crippen LogP contribution in [0.4, 0.5) is 0 Å². The molecule has 1 aliphatic heterocycles. The molecule has 0 aromatic heterocycles. The fourth-order valence-corrected chi connectivity index (χ4v) is 1.85. The summed E-state index contributed by atoms with van der Waals surface area (Å²) in [6.45, 7) is 0. The van der Waals surface area contributed by atoms with Crippen LogP contribution in [0.1, 0.15) is 0 Å². The quantitative estimate of drug-likeness (QED) is 0.229. The molecule has 0 aromatic rings. The molecule has 0 aliphatic carbocycles. The van der Waals surface area contributed by atoms with Gasteiger partial charge in [0, 0.05) is 5.75 Å². The Balaban J connectivity index is 0.000000490. The molecule has 1 heterocycles. The second-order valence-electron chi connectivity index (χ2n) is 1.26. The summed E-state index contributed by atoms with van der Waals surface area (Å²) in [7, 11) is -3.92. The topological polar surface area (TPSA) is 57.2 Å². The Hall–Kier alpha value is 1.26. The summed E-state index contributed by atoms with van der Waals surface area (Å²) in [4.78, 5) is 0. The van der Waals surface area contributed by atoms with E-state index in [-0.39, 0.29) is 29.6 Å². The summed E-state index contributed by atoms with van der Waals surface area (Å²) in [5.74, 6) is 0.492. The van der Waals surface area contributed by atoms with Crippen LogP contribution in [0.2, 0.25) is 0 Å². The van der Waals surface area contributed by atoms with Gasteiger partial charge in [-0.25, -0.2) is 8.42 Å². The SMILES string of the molecule is O=S(=O)([O-])C1CS1.[Na+]. The Kier molecular flexibility index (Phi) is 3.35. The molecule has 8 heavy (non-hydrogen) atoms. The van der Waals surface area contributed by atoms with Crippen molar-refractivity contribution >= 4 is 21.9 Å². The molecule has 0 saturated carbocycles. The zero-order valence-corrected chi connectivity index (χ0v) is 7.96. The van der Waals surface area contributed by atoms with Crippen LogP contribution < -0.4 is 29.6 Å². The van der Waals surface area contributed by atoms with E-state index in [0.29, 0.717) is 5.75 Å². The molecular formula is C2H3NaO3S2. The van der Waals surface area contributed by atoms with E-state index >= 15 is 0 Å². The van der Waals surface area contributed by atoms with Gasteiger partial charge < -0.3 is 4.55 Å². The fourth-order valence-electron chi connectivity index (χ4n) is 0.206. The third kappa shape index (κ3) is 2.70. The second-order valence-corrected chi connectivity index (χ2v) is 4.34. The van der Waals surface area contributed by atoms with Crippen LogP contribution in [0.3, 0.4) is 0 Å². The van der Waals surface area contributed by atoms with Crippen LogP contribution >= 0.6 is 11.8 Å². The predicted molar refractivity (Wildman–Crippen MR) is 25.9 cm³/mol. The zero-order valence-electron chi connectivity index (χ0n) is 4.33. The number of hydrogen-bond acceptors (Lipinski definition) is 4. The molecule has 0 amide bonds. The molecule has 42 valence electrons. The first-order valence-electron chi connectivity index (χ1n) is 1.67. The first-order valence-corrected chi connectivity index (χ1v) is 4.19. The molecule has 0 bridgehead atoms. The van der Waals surface area contributed by atoms with Gasteiger partial charge in [-0.1, -0.05) is 0 Å². The third-order valence-corrected chi connectivity index (χ3v) is 3.40. The van der Waals surface area contributed by atoms with Gasteiger partial charge >= 0.3 is 29.6 Å². The van der Waals surface area contributed by atoms with Crippen molar-refractivity contribution in [2.24, 2.45) is 0 Å². The van der Waals surface area contributed by atoms with Gasteiger partial charge in [0.15, 0.2) is 0 Å². The summed E-state index contributed by atoms with van der Waals surface area (Å²) in [6, 6.07) is 0. The van der Waals surface area contributed by atoms with Crippen LogP contribution in [0, 0.1) is 0 Å². The van der Waals surface area contributed by atoms with Gasteiger partial charge in [0.1, 0.15) is 14.7 Å². The van der Waals surface area contributed by atoms with E-state index in [9.17, 15) is 13.0 Å². The summed E-state index contributed by atoms with van der Waals surface area (Å²) in [6.07, 6.45) is 0. The molecule has 0 N–H and O–H groups in total. The van der Waals surface area contributed by atoms with Crippen molar-refractivity contribution in [2.75, 3.05) is 5.75 Å². The number of hydrogen-bond donors (Lipinski definition) is 0. The minimum Gasteiger partial charge on any atom is -0.747 e. The summed E-state index contributed by atoms with van der Waals surface area (Å²) >= 11 is 1.17. The third-order valence-electron chi connectivity index (χ3n) is 0.625. The maximum Gasteiger partial charge on any atom is 1.00 e. The first-order chi connectivity index (χ1) is 3.11. The van der Waals surface area contributed by atoms with Gasteiger partial charge in [0.05, 0.1) is 0 Å². The maximum absolute atomic E-state index is 9.82. The first kappa shape index (κ1) is 9.26. The Morgan fingerprint density at radius 1 is 1.62 bits per heavy atom. The Morgan fingerprint density at radius 3 is 2.00 bits per heavy atom. The number of rotatable bonds is 1. The summed E-state index contributed by atoms with van der Waals surface area (Å²) in [5.41, 5.74) is 0. The van der Waals surface area contributed by atoms with E-state index in [2.05, 4.69) is 0 Å². The van der Waals surface area contributed by atoms with Crippen molar-refractivity contribution in [3.05, 3.63) is 0 Å². The van der Waals surface area contributed by atoms with Crippen molar-refractivity contribution < 1.29 is 42.5 Å². The van der Waals surface area contributed by atoms with Gasteiger partial charge in [0.25, 0.3) is 0 Å². The van der Waals surface area contributed by atoms with Crippen LogP contribution in [0.15, 0.2) is 0 Å². The Labute approximate surface area is 74.3 Å². The largest absolute Gasteiger partial charge is 1.00 e. The van der Waals surface area contributed by atoms with E-state index in [1.807, 2.05) is 0 Å². The molecule has 0 spiro atoms. The Morgan fingerprint density at radius 2 is 2.00 bits per heavy atom. The average Bonchev–Trinajstić information content (AvgIpc) is 1.99. The molecule has 1 aliphatic rings. The van der Waals surface area contributed by atoms with Crippen molar-refractivity contribution in [1.82, 2.24) is 0 Å². The predicted octanol–water partition coefficient (Wildman–Crippen LogP) is -3.39. The van der Waals surface area contributed by atoms with Crippen LogP contribution in [-0.2, 0) is 10.1 Å². The van der Waals surface area contributed by atoms with Gasteiger partial charge in [0.2, 0.25) is 0 Å². The van der Waals surface area contributed by atoms with E-state index in [0.717, 1.165) is 0 Å². The number of thioether (sulfide) groups is 1. The zero-order chi connectivity index (χ0) is 5.49. The second kappa shape index (κ2) is 2.90. The average molecular weight is 162 g/mol. The van der Waals surface area contributed by atoms with Crippen LogP contribution in [0.25, 0.3) is 0 Å². The summed E-state index contributed by atoms with van der Waals surface area (Å²) in [5, 5.41) is 0. The molecule has 0 radical (unpaired) electrons. The smallest absolute Gasteiger partial charge is 0.747 e. The van der Waals surface area contributed by atoms with Gasteiger partial charge in [-0.15, -0.1) is 11.8 Å². The van der Waals surface area contributed by atoms with Gasteiger partial charge in [-0.3, -0.25) is 0 Å². The minimum atomic E-state index is -3.92. The molecule has 1 fully saturated rings. The van der Waals surface area contributed by atoms with E-state index in [1.165, 1.54) is 11.8 Å². The van der Waals surface area contributed by atoms with E-state index in [1.54, 1.807) is 0 Å². The molecule has 3 nitrogen and oxygen atoms in total. The van der Waals surface area contributed by atoms with Gasteiger partial charge in [-0.05, 0) is 0 Å². The van der Waals surface area contributed by atoms with Crippen LogP contribution in [-0.4, -0.2) is 23.3 Å². The van der Waals surface area contributed by atoms with Crippen molar-refractivity contribution in [3.63, 3.8) is 0 Å². The van der Waals surface area contributed by atoms with E-state index in [4.69, 9.17) is 0 Å². The van der Waals surface area contributed by atoms with Crippen molar-refractivity contribution in [1.29, 1.82) is 0 Å². The molecule has 1 rings (SSSR count). The van der Waals surface area contributed by atoms with Crippen molar-refractivity contribution in [2.45, 2.75) is 4.58 Å². The molecule has 1 saturated heterocycles. The molecular weight excluding hydrogens is 159 g/mol. The van der Waals surface area contributed by atoms with Gasteiger partial charge in [-0.2, -0.15) is 0 Å². The standard InChI is InChI=1S/C2H4O3S2.Na/c3-7(4,5)2-1-6-2;/h2H,1H2,(H,3,4,5);/q;+1/p-1. The van der Waals surface area contributed by atoms with Crippen LogP contribution in [0.5, 0.6) is 0 Å². The molecule has 6 heteroatoms.